The molecule has 0 radical (unpaired) electrons. The Morgan fingerprint density at radius 3 is 2.42 bits per heavy atom. The van der Waals surface area contributed by atoms with E-state index < -0.39 is 0 Å². The van der Waals surface area contributed by atoms with E-state index in [2.05, 4.69) is 0 Å². The summed E-state index contributed by atoms with van der Waals surface area (Å²) in [6.45, 7) is 3.89. The van der Waals surface area contributed by atoms with Gasteiger partial charge < -0.3 is 14.9 Å². The zero-order valence-electron chi connectivity index (χ0n) is 11.3. The Morgan fingerprint density at radius 1 is 1.21 bits per heavy atom. The molecule has 2 aromatic rings. The summed E-state index contributed by atoms with van der Waals surface area (Å²) in [5.74, 6) is 2.72. The van der Waals surface area contributed by atoms with Gasteiger partial charge in [0.2, 0.25) is 0 Å². The quantitative estimate of drug-likeness (QED) is 0.912. The Hall–Kier alpha value is -1.74. The van der Waals surface area contributed by atoms with Crippen LogP contribution in [0.15, 0.2) is 34.7 Å². The minimum atomic E-state index is -0.146. The fraction of sp³-hybridized carbons (Fsp3) is 0.375. The fourth-order valence-corrected chi connectivity index (χ4v) is 2.27. The molecular formula is C16H19NO2. The lowest BCUT2D eigenvalue weighted by Gasteiger charge is -2.12. The highest BCUT2D eigenvalue weighted by atomic mass is 16.5. The molecular weight excluding hydrogens is 238 g/mol. The molecule has 1 fully saturated rings. The van der Waals surface area contributed by atoms with Crippen molar-refractivity contribution in [1.82, 2.24) is 0 Å². The maximum Gasteiger partial charge on any atom is 0.119 e. The number of hydrogen-bond donors (Lipinski definition) is 1. The highest BCUT2D eigenvalue weighted by Gasteiger charge is 2.23. The van der Waals surface area contributed by atoms with Crippen molar-refractivity contribution in [3.05, 3.63) is 53.0 Å². The Morgan fingerprint density at radius 2 is 1.89 bits per heavy atom. The van der Waals surface area contributed by atoms with Gasteiger partial charge in [-0.15, -0.1) is 0 Å². The van der Waals surface area contributed by atoms with Crippen LogP contribution in [0.5, 0.6) is 5.75 Å². The normalized spacial score (nSPS) is 16.4. The summed E-state index contributed by atoms with van der Waals surface area (Å²) in [5.41, 5.74) is 8.42. The second-order valence-electron chi connectivity index (χ2n) is 5.23. The first-order valence-corrected chi connectivity index (χ1v) is 6.72. The van der Waals surface area contributed by atoms with Crippen LogP contribution in [0.4, 0.5) is 0 Å². The minimum Gasteiger partial charge on any atom is -0.490 e. The molecule has 1 aliphatic rings. The predicted molar refractivity (Wildman–Crippen MR) is 74.3 cm³/mol. The van der Waals surface area contributed by atoms with E-state index in [-0.39, 0.29) is 6.04 Å². The number of nitrogens with two attached hydrogens (primary N) is 1. The van der Waals surface area contributed by atoms with Gasteiger partial charge in [-0.25, -0.2) is 0 Å². The summed E-state index contributed by atoms with van der Waals surface area (Å²) < 4.78 is 11.3. The average molecular weight is 257 g/mol. The van der Waals surface area contributed by atoms with E-state index in [1.807, 2.05) is 44.2 Å². The van der Waals surface area contributed by atoms with Crippen LogP contribution >= 0.6 is 0 Å². The molecule has 1 unspecified atom stereocenters. The first-order valence-electron chi connectivity index (χ1n) is 6.72. The van der Waals surface area contributed by atoms with E-state index in [1.165, 1.54) is 12.8 Å². The van der Waals surface area contributed by atoms with Crippen LogP contribution in [0.2, 0.25) is 0 Å². The van der Waals surface area contributed by atoms with Gasteiger partial charge >= 0.3 is 0 Å². The Bertz CT molecular complexity index is 567. The molecule has 0 bridgehead atoms. The zero-order valence-corrected chi connectivity index (χ0v) is 11.3. The summed E-state index contributed by atoms with van der Waals surface area (Å²) >= 11 is 0. The smallest absolute Gasteiger partial charge is 0.119 e. The first kappa shape index (κ1) is 12.3. The molecule has 19 heavy (non-hydrogen) atoms. The fourth-order valence-electron chi connectivity index (χ4n) is 2.27. The first-order chi connectivity index (χ1) is 9.13. The average Bonchev–Trinajstić information content (AvgIpc) is 3.13. The summed E-state index contributed by atoms with van der Waals surface area (Å²) in [6.07, 6.45) is 2.78. The molecule has 0 saturated heterocycles. The maximum absolute atomic E-state index is 6.29. The van der Waals surface area contributed by atoms with Crippen molar-refractivity contribution in [1.29, 1.82) is 0 Å². The van der Waals surface area contributed by atoms with E-state index >= 15 is 0 Å². The third kappa shape index (κ3) is 2.66. The van der Waals surface area contributed by atoms with Gasteiger partial charge in [-0.05, 0) is 50.5 Å². The topological polar surface area (TPSA) is 48.4 Å². The van der Waals surface area contributed by atoms with E-state index in [9.17, 15) is 0 Å². The van der Waals surface area contributed by atoms with Gasteiger partial charge in [0.05, 0.1) is 12.1 Å². The molecule has 1 heterocycles. The molecule has 3 rings (SSSR count). The summed E-state index contributed by atoms with van der Waals surface area (Å²) in [5, 5.41) is 0. The Balaban J connectivity index is 1.78. The van der Waals surface area contributed by atoms with E-state index in [0.29, 0.717) is 6.10 Å². The molecule has 100 valence electrons. The largest absolute Gasteiger partial charge is 0.490 e. The van der Waals surface area contributed by atoms with Crippen LogP contribution in [0, 0.1) is 13.8 Å². The van der Waals surface area contributed by atoms with Crippen LogP contribution in [-0.2, 0) is 0 Å². The van der Waals surface area contributed by atoms with Crippen molar-refractivity contribution in [3.63, 3.8) is 0 Å². The van der Waals surface area contributed by atoms with Gasteiger partial charge in [0, 0.05) is 5.56 Å². The zero-order chi connectivity index (χ0) is 13.4. The summed E-state index contributed by atoms with van der Waals surface area (Å²) in [6, 6.07) is 9.92. The molecule has 0 spiro atoms. The van der Waals surface area contributed by atoms with Crippen LogP contribution in [-0.4, -0.2) is 6.10 Å². The monoisotopic (exact) mass is 257 g/mol. The number of rotatable bonds is 4. The van der Waals surface area contributed by atoms with E-state index in [0.717, 1.165) is 28.4 Å². The van der Waals surface area contributed by atoms with Gasteiger partial charge in [-0.2, -0.15) is 0 Å². The number of benzene rings is 1. The van der Waals surface area contributed by atoms with Crippen LogP contribution in [0.1, 0.15) is 41.5 Å². The van der Waals surface area contributed by atoms with Crippen molar-refractivity contribution in [2.75, 3.05) is 0 Å². The predicted octanol–water partition coefficient (Wildman–Crippen LogP) is 3.49. The molecule has 0 amide bonds. The summed E-state index contributed by atoms with van der Waals surface area (Å²) in [4.78, 5) is 0. The molecule has 1 aliphatic carbocycles. The Kier molecular flexibility index (Phi) is 3.07. The van der Waals surface area contributed by atoms with Crippen molar-refractivity contribution in [2.24, 2.45) is 5.73 Å². The lowest BCUT2D eigenvalue weighted by molar-refractivity contribution is 0.303. The molecule has 1 aromatic carbocycles. The third-order valence-corrected chi connectivity index (χ3v) is 3.48. The highest BCUT2D eigenvalue weighted by molar-refractivity contribution is 5.37. The van der Waals surface area contributed by atoms with Crippen LogP contribution in [0.25, 0.3) is 0 Å². The van der Waals surface area contributed by atoms with Crippen molar-refractivity contribution in [2.45, 2.75) is 38.8 Å². The molecule has 1 saturated carbocycles. The highest BCUT2D eigenvalue weighted by Crippen LogP contribution is 2.29. The number of furan rings is 1. The van der Waals surface area contributed by atoms with E-state index in [1.54, 1.807) is 0 Å². The molecule has 3 heteroatoms. The maximum atomic E-state index is 6.29. The van der Waals surface area contributed by atoms with Gasteiger partial charge in [0.25, 0.3) is 0 Å². The standard InChI is InChI=1S/C16H19NO2/c1-10-9-15(11(2)18-10)16(17)12-3-5-13(6-4-12)19-14-7-8-14/h3-6,9,14,16H,7-8,17H2,1-2H3. The van der Waals surface area contributed by atoms with Crippen molar-refractivity contribution < 1.29 is 9.15 Å². The molecule has 1 aromatic heterocycles. The third-order valence-electron chi connectivity index (χ3n) is 3.48. The van der Waals surface area contributed by atoms with Gasteiger partial charge in [-0.1, -0.05) is 12.1 Å². The van der Waals surface area contributed by atoms with Crippen molar-refractivity contribution >= 4 is 0 Å². The number of hydrogen-bond acceptors (Lipinski definition) is 3. The molecule has 3 nitrogen and oxygen atoms in total. The Labute approximate surface area is 113 Å². The van der Waals surface area contributed by atoms with Gasteiger partial charge in [0.1, 0.15) is 17.3 Å². The van der Waals surface area contributed by atoms with Crippen LogP contribution in [0.3, 0.4) is 0 Å². The second-order valence-corrected chi connectivity index (χ2v) is 5.23. The molecule has 0 aliphatic heterocycles. The minimum absolute atomic E-state index is 0.146. The van der Waals surface area contributed by atoms with E-state index in [4.69, 9.17) is 14.9 Å². The molecule has 2 N–H and O–H groups in total. The SMILES string of the molecule is Cc1cc(C(N)c2ccc(OC3CC3)cc2)c(C)o1. The number of ether oxygens (including phenoxy) is 1. The van der Waals surface area contributed by atoms with Crippen LogP contribution < -0.4 is 10.5 Å². The molecule has 1 atom stereocenters. The second kappa shape index (κ2) is 4.74. The summed E-state index contributed by atoms with van der Waals surface area (Å²) in [7, 11) is 0. The number of aryl methyl sites for hydroxylation is 2. The van der Waals surface area contributed by atoms with Gasteiger partial charge in [-0.3, -0.25) is 0 Å². The lowest BCUT2D eigenvalue weighted by atomic mass is 10.00. The lowest BCUT2D eigenvalue weighted by Crippen LogP contribution is -2.12. The van der Waals surface area contributed by atoms with Gasteiger partial charge in [0.15, 0.2) is 0 Å². The van der Waals surface area contributed by atoms with Crippen molar-refractivity contribution in [3.8, 4) is 5.75 Å².